The van der Waals surface area contributed by atoms with Gasteiger partial charge in [0.2, 0.25) is 0 Å². The molecule has 0 aliphatic carbocycles. The van der Waals surface area contributed by atoms with Gasteiger partial charge in [-0.25, -0.2) is 0 Å². The third-order valence-electron chi connectivity index (χ3n) is 3.60. The van der Waals surface area contributed by atoms with Crippen LogP contribution in [-0.2, 0) is 5.60 Å². The lowest BCUT2D eigenvalue weighted by molar-refractivity contribution is 0.0721. The van der Waals surface area contributed by atoms with E-state index in [-0.39, 0.29) is 6.54 Å². The number of benzene rings is 2. The van der Waals surface area contributed by atoms with Gasteiger partial charge in [-0.2, -0.15) is 0 Å². The summed E-state index contributed by atoms with van der Waals surface area (Å²) in [4.78, 5) is 1.16. The van der Waals surface area contributed by atoms with Gasteiger partial charge in [0.05, 0.1) is 0 Å². The van der Waals surface area contributed by atoms with E-state index >= 15 is 0 Å². The van der Waals surface area contributed by atoms with Crippen molar-refractivity contribution in [3.8, 4) is 0 Å². The molecule has 20 heavy (non-hydrogen) atoms. The number of hydrogen-bond acceptors (Lipinski definition) is 3. The van der Waals surface area contributed by atoms with Crippen LogP contribution in [-0.4, -0.2) is 17.4 Å². The van der Waals surface area contributed by atoms with Gasteiger partial charge in [-0.3, -0.25) is 0 Å². The van der Waals surface area contributed by atoms with Crippen molar-refractivity contribution in [3.05, 3.63) is 65.2 Å². The summed E-state index contributed by atoms with van der Waals surface area (Å²) in [5.74, 6) is 0.552. The molecule has 2 aromatic carbocycles. The normalized spacial score (nSPS) is 14.0. The molecular weight excluding hydrogens is 266 g/mol. The second-order valence-electron chi connectivity index (χ2n) is 5.14. The van der Waals surface area contributed by atoms with Crippen molar-refractivity contribution < 1.29 is 5.11 Å². The summed E-state index contributed by atoms with van der Waals surface area (Å²) in [7, 11) is 0. The van der Waals surface area contributed by atoms with Crippen LogP contribution in [0.4, 0.5) is 0 Å². The first kappa shape index (κ1) is 15.1. The summed E-state index contributed by atoms with van der Waals surface area (Å²) >= 11 is 1.64. The molecule has 1 unspecified atom stereocenters. The Balaban J connectivity index is 2.13. The Morgan fingerprint density at radius 3 is 2.35 bits per heavy atom. The second-order valence-corrected chi connectivity index (χ2v) is 6.19. The zero-order valence-corrected chi connectivity index (χ0v) is 12.8. The molecule has 0 saturated heterocycles. The fourth-order valence-corrected chi connectivity index (χ4v) is 3.13. The zero-order chi connectivity index (χ0) is 14.6. The van der Waals surface area contributed by atoms with Crippen molar-refractivity contribution in [2.24, 2.45) is 5.73 Å². The van der Waals surface area contributed by atoms with Crippen molar-refractivity contribution >= 4 is 11.8 Å². The first-order valence-corrected chi connectivity index (χ1v) is 7.72. The number of thioether (sulfide) groups is 1. The molecule has 1 atom stereocenters. The number of nitrogens with two attached hydrogens (primary N) is 1. The van der Waals surface area contributed by atoms with E-state index in [2.05, 4.69) is 32.0 Å². The van der Waals surface area contributed by atoms with Gasteiger partial charge in [-0.1, -0.05) is 36.4 Å². The summed E-state index contributed by atoms with van der Waals surface area (Å²) < 4.78 is 0. The number of aryl methyl sites for hydroxylation is 2. The molecule has 0 radical (unpaired) electrons. The van der Waals surface area contributed by atoms with Crippen LogP contribution in [0.5, 0.6) is 0 Å². The summed E-state index contributed by atoms with van der Waals surface area (Å²) in [6.45, 7) is 4.42. The molecule has 0 aliphatic rings. The zero-order valence-electron chi connectivity index (χ0n) is 12.0. The molecule has 2 aromatic rings. The smallest absolute Gasteiger partial charge is 0.111 e. The van der Waals surface area contributed by atoms with Crippen molar-refractivity contribution in [1.82, 2.24) is 0 Å². The average Bonchev–Trinajstić information content (AvgIpc) is 2.49. The van der Waals surface area contributed by atoms with Crippen LogP contribution < -0.4 is 5.73 Å². The van der Waals surface area contributed by atoms with Crippen LogP contribution in [0.1, 0.15) is 16.7 Å². The summed E-state index contributed by atoms with van der Waals surface area (Å²) in [5.41, 5.74) is 8.24. The lowest BCUT2D eigenvalue weighted by Crippen LogP contribution is -2.37. The maximum atomic E-state index is 10.7. The molecule has 0 fully saturated rings. The molecule has 0 bridgehead atoms. The molecule has 0 saturated carbocycles. The van der Waals surface area contributed by atoms with Crippen LogP contribution in [0, 0.1) is 13.8 Å². The van der Waals surface area contributed by atoms with Gasteiger partial charge in [0.15, 0.2) is 0 Å². The Bertz CT molecular complexity index is 570. The number of rotatable bonds is 5. The van der Waals surface area contributed by atoms with Crippen LogP contribution in [0.25, 0.3) is 0 Å². The highest BCUT2D eigenvalue weighted by molar-refractivity contribution is 7.99. The summed E-state index contributed by atoms with van der Waals surface area (Å²) in [5, 5.41) is 10.7. The number of hydrogen-bond donors (Lipinski definition) is 2. The number of aliphatic hydroxyl groups is 1. The topological polar surface area (TPSA) is 46.2 Å². The molecule has 2 rings (SSSR count). The molecular formula is C17H21NOS. The highest BCUT2D eigenvalue weighted by Gasteiger charge is 2.27. The van der Waals surface area contributed by atoms with E-state index in [1.165, 1.54) is 11.1 Å². The van der Waals surface area contributed by atoms with Gasteiger partial charge in [-0.05, 0) is 42.7 Å². The lowest BCUT2D eigenvalue weighted by Gasteiger charge is -2.26. The van der Waals surface area contributed by atoms with E-state index in [4.69, 9.17) is 5.73 Å². The van der Waals surface area contributed by atoms with Crippen LogP contribution >= 0.6 is 11.8 Å². The molecule has 0 aromatic heterocycles. The molecule has 0 amide bonds. The van der Waals surface area contributed by atoms with E-state index in [9.17, 15) is 5.11 Å². The summed E-state index contributed by atoms with van der Waals surface area (Å²) in [6, 6.07) is 16.0. The van der Waals surface area contributed by atoms with Crippen LogP contribution in [0.15, 0.2) is 53.4 Å². The minimum absolute atomic E-state index is 0.217. The van der Waals surface area contributed by atoms with Crippen LogP contribution in [0.2, 0.25) is 0 Å². The van der Waals surface area contributed by atoms with Gasteiger partial charge in [0, 0.05) is 17.2 Å². The van der Waals surface area contributed by atoms with Crippen molar-refractivity contribution in [3.63, 3.8) is 0 Å². The molecule has 106 valence electrons. The Kier molecular flexibility index (Phi) is 4.86. The van der Waals surface area contributed by atoms with E-state index in [1.807, 2.05) is 30.3 Å². The van der Waals surface area contributed by atoms with Crippen molar-refractivity contribution in [2.75, 3.05) is 12.3 Å². The molecule has 0 aliphatic heterocycles. The van der Waals surface area contributed by atoms with Gasteiger partial charge in [0.25, 0.3) is 0 Å². The Hall–Kier alpha value is -1.29. The summed E-state index contributed by atoms with van der Waals surface area (Å²) in [6.07, 6.45) is 0. The fourth-order valence-electron chi connectivity index (χ4n) is 2.01. The Labute approximate surface area is 125 Å². The first-order chi connectivity index (χ1) is 9.55. The van der Waals surface area contributed by atoms with E-state index < -0.39 is 5.60 Å². The Morgan fingerprint density at radius 1 is 1.05 bits per heavy atom. The minimum Gasteiger partial charge on any atom is -0.383 e. The minimum atomic E-state index is -0.981. The third kappa shape index (κ3) is 3.42. The molecule has 0 heterocycles. The lowest BCUT2D eigenvalue weighted by atomic mass is 9.96. The maximum Gasteiger partial charge on any atom is 0.111 e. The molecule has 2 nitrogen and oxygen atoms in total. The predicted molar refractivity (Wildman–Crippen MR) is 86.0 cm³/mol. The van der Waals surface area contributed by atoms with E-state index in [0.29, 0.717) is 5.75 Å². The van der Waals surface area contributed by atoms with Crippen molar-refractivity contribution in [1.29, 1.82) is 0 Å². The van der Waals surface area contributed by atoms with Gasteiger partial charge < -0.3 is 10.8 Å². The third-order valence-corrected chi connectivity index (χ3v) is 4.81. The Morgan fingerprint density at radius 2 is 1.75 bits per heavy atom. The van der Waals surface area contributed by atoms with Gasteiger partial charge in [0.1, 0.15) is 5.60 Å². The monoisotopic (exact) mass is 287 g/mol. The standard InChI is InChI=1S/C17H21NOS/c1-13-8-9-16(10-14(13)2)20-12-17(19,11-18)15-6-4-3-5-7-15/h3-10,19H,11-12,18H2,1-2H3. The molecule has 0 spiro atoms. The highest BCUT2D eigenvalue weighted by atomic mass is 32.2. The van der Waals surface area contributed by atoms with E-state index in [1.54, 1.807) is 11.8 Å². The maximum absolute atomic E-state index is 10.7. The largest absolute Gasteiger partial charge is 0.383 e. The van der Waals surface area contributed by atoms with Crippen molar-refractivity contribution in [2.45, 2.75) is 24.3 Å². The van der Waals surface area contributed by atoms with E-state index in [0.717, 1.165) is 10.5 Å². The predicted octanol–water partition coefficient (Wildman–Crippen LogP) is 3.24. The molecule has 3 heteroatoms. The SMILES string of the molecule is Cc1ccc(SCC(O)(CN)c2ccccc2)cc1C. The molecule has 3 N–H and O–H groups in total. The van der Waals surface area contributed by atoms with Gasteiger partial charge in [-0.15, -0.1) is 11.8 Å². The van der Waals surface area contributed by atoms with Gasteiger partial charge >= 0.3 is 0 Å². The fraction of sp³-hybridized carbons (Fsp3) is 0.294. The first-order valence-electron chi connectivity index (χ1n) is 6.73. The van der Waals surface area contributed by atoms with Crippen LogP contribution in [0.3, 0.4) is 0 Å². The highest BCUT2D eigenvalue weighted by Crippen LogP contribution is 2.30. The quantitative estimate of drug-likeness (QED) is 0.830. The second kappa shape index (κ2) is 6.44. The average molecular weight is 287 g/mol.